The number of hydrogen-bond donors (Lipinski definition) is 1. The normalized spacial score (nSPS) is 21.2. The monoisotopic (exact) mass is 444 g/mol. The van der Waals surface area contributed by atoms with Gasteiger partial charge in [0.1, 0.15) is 5.75 Å². The molecule has 1 aliphatic heterocycles. The van der Waals surface area contributed by atoms with Crippen LogP contribution in [0.3, 0.4) is 0 Å². The summed E-state index contributed by atoms with van der Waals surface area (Å²) in [6, 6.07) is 14.6. The fourth-order valence-electron chi connectivity index (χ4n) is 3.49. The van der Waals surface area contributed by atoms with Crippen LogP contribution in [0, 0.1) is 5.92 Å². The van der Waals surface area contributed by atoms with Gasteiger partial charge < -0.3 is 19.3 Å². The third-order valence-corrected chi connectivity index (χ3v) is 5.27. The van der Waals surface area contributed by atoms with Gasteiger partial charge in [-0.05, 0) is 25.0 Å². The van der Waals surface area contributed by atoms with Crippen molar-refractivity contribution in [2.45, 2.75) is 38.6 Å². The van der Waals surface area contributed by atoms with Crippen molar-refractivity contribution in [1.82, 2.24) is 0 Å². The van der Waals surface area contributed by atoms with Gasteiger partial charge in [-0.2, -0.15) is 0 Å². The summed E-state index contributed by atoms with van der Waals surface area (Å²) < 4.78 is 17.7. The molecule has 0 unspecified atom stereocenters. The molecule has 2 aromatic rings. The molecular formula is C24H25ClO6. The zero-order valence-electron chi connectivity index (χ0n) is 17.2. The van der Waals surface area contributed by atoms with Crippen LogP contribution < -0.4 is 4.74 Å². The van der Waals surface area contributed by atoms with Crippen LogP contribution in [-0.2, 0) is 19.1 Å². The van der Waals surface area contributed by atoms with Gasteiger partial charge in [0.25, 0.3) is 0 Å². The van der Waals surface area contributed by atoms with E-state index < -0.39 is 24.3 Å². The predicted octanol–water partition coefficient (Wildman–Crippen LogP) is 5.48. The maximum atomic E-state index is 11.6. The first kappa shape index (κ1) is 23.0. The van der Waals surface area contributed by atoms with Crippen molar-refractivity contribution in [3.8, 4) is 5.75 Å². The van der Waals surface area contributed by atoms with Crippen LogP contribution in [0.1, 0.15) is 49.7 Å². The molecule has 1 heterocycles. The minimum Gasteiger partial charge on any atom is -0.481 e. The van der Waals surface area contributed by atoms with E-state index in [1.807, 2.05) is 42.5 Å². The SMILES string of the molecule is CC(=O)Oc1ccccc1[C@H]1O[C@@H](c2ccccc2Cl)OC[C@H]1C/C=C\CCC(=O)O. The average Bonchev–Trinajstić information content (AvgIpc) is 2.74. The molecule has 0 amide bonds. The molecule has 1 fully saturated rings. The quantitative estimate of drug-likeness (QED) is 0.330. The number of carbonyl (C=O) groups excluding carboxylic acids is 1. The Bertz CT molecular complexity index is 941. The molecule has 164 valence electrons. The van der Waals surface area contributed by atoms with Crippen molar-refractivity contribution in [1.29, 1.82) is 0 Å². The highest BCUT2D eigenvalue weighted by molar-refractivity contribution is 6.31. The summed E-state index contributed by atoms with van der Waals surface area (Å²) >= 11 is 6.34. The van der Waals surface area contributed by atoms with Crippen molar-refractivity contribution < 1.29 is 28.9 Å². The minimum atomic E-state index is -0.829. The van der Waals surface area contributed by atoms with Crippen LogP contribution in [0.5, 0.6) is 5.75 Å². The third kappa shape index (κ3) is 6.40. The maximum absolute atomic E-state index is 11.6. The van der Waals surface area contributed by atoms with E-state index >= 15 is 0 Å². The van der Waals surface area contributed by atoms with E-state index in [1.54, 1.807) is 18.2 Å². The predicted molar refractivity (Wildman–Crippen MR) is 116 cm³/mol. The Kier molecular flexibility index (Phi) is 8.23. The molecule has 1 N–H and O–H groups in total. The van der Waals surface area contributed by atoms with Crippen LogP contribution in [0.15, 0.2) is 60.7 Å². The first-order valence-corrected chi connectivity index (χ1v) is 10.5. The number of esters is 1. The summed E-state index contributed by atoms with van der Waals surface area (Å²) in [7, 11) is 0. The lowest BCUT2D eigenvalue weighted by molar-refractivity contribution is -0.244. The number of rotatable bonds is 8. The Balaban J connectivity index is 1.85. The zero-order valence-corrected chi connectivity index (χ0v) is 18.0. The van der Waals surface area contributed by atoms with E-state index in [2.05, 4.69) is 0 Å². The maximum Gasteiger partial charge on any atom is 0.308 e. The number of carboxylic acids is 1. The first-order chi connectivity index (χ1) is 15.0. The lowest BCUT2D eigenvalue weighted by atomic mass is 9.91. The van der Waals surface area contributed by atoms with Crippen molar-refractivity contribution in [3.63, 3.8) is 0 Å². The zero-order chi connectivity index (χ0) is 22.2. The summed E-state index contributed by atoms with van der Waals surface area (Å²) in [5.41, 5.74) is 1.48. The molecule has 2 aromatic carbocycles. The molecule has 1 aliphatic rings. The topological polar surface area (TPSA) is 82.1 Å². The van der Waals surface area contributed by atoms with E-state index in [4.69, 9.17) is 30.9 Å². The van der Waals surface area contributed by atoms with E-state index in [0.717, 1.165) is 11.1 Å². The van der Waals surface area contributed by atoms with Crippen LogP contribution >= 0.6 is 11.6 Å². The molecule has 3 atom stereocenters. The molecule has 0 bridgehead atoms. The van der Waals surface area contributed by atoms with Gasteiger partial charge in [0.05, 0.1) is 12.7 Å². The van der Waals surface area contributed by atoms with E-state index in [1.165, 1.54) is 6.92 Å². The van der Waals surface area contributed by atoms with Gasteiger partial charge in [-0.25, -0.2) is 0 Å². The number of benzene rings is 2. The van der Waals surface area contributed by atoms with Crippen LogP contribution in [0.25, 0.3) is 0 Å². The summed E-state index contributed by atoms with van der Waals surface area (Å²) in [6.45, 7) is 1.76. The second-order valence-corrected chi connectivity index (χ2v) is 7.68. The molecule has 0 radical (unpaired) electrons. The van der Waals surface area contributed by atoms with Gasteiger partial charge >= 0.3 is 11.9 Å². The van der Waals surface area contributed by atoms with E-state index in [0.29, 0.717) is 30.2 Å². The van der Waals surface area contributed by atoms with E-state index in [9.17, 15) is 9.59 Å². The number of carbonyl (C=O) groups is 2. The summed E-state index contributed by atoms with van der Waals surface area (Å²) in [4.78, 5) is 22.3. The molecule has 0 aliphatic carbocycles. The van der Waals surface area contributed by atoms with Crippen LogP contribution in [0.2, 0.25) is 5.02 Å². The molecule has 0 spiro atoms. The molecule has 0 saturated carbocycles. The van der Waals surface area contributed by atoms with Gasteiger partial charge in [-0.15, -0.1) is 0 Å². The molecule has 31 heavy (non-hydrogen) atoms. The van der Waals surface area contributed by atoms with Crippen molar-refractivity contribution in [3.05, 3.63) is 76.8 Å². The largest absolute Gasteiger partial charge is 0.481 e. The highest BCUT2D eigenvalue weighted by Gasteiger charge is 2.35. The molecule has 1 saturated heterocycles. The average molecular weight is 445 g/mol. The smallest absolute Gasteiger partial charge is 0.308 e. The Morgan fingerprint density at radius 1 is 1.13 bits per heavy atom. The van der Waals surface area contributed by atoms with Gasteiger partial charge in [0.15, 0.2) is 6.29 Å². The summed E-state index contributed by atoms with van der Waals surface area (Å²) in [5.74, 6) is -0.854. The Hall–Kier alpha value is -2.67. The van der Waals surface area contributed by atoms with Crippen molar-refractivity contribution >= 4 is 23.5 Å². The number of aliphatic carboxylic acids is 1. The molecular weight excluding hydrogens is 420 g/mol. The summed E-state index contributed by atoms with van der Waals surface area (Å²) in [5, 5.41) is 9.34. The number of para-hydroxylation sites is 1. The van der Waals surface area contributed by atoms with E-state index in [-0.39, 0.29) is 12.3 Å². The number of allylic oxidation sites excluding steroid dienone is 2. The minimum absolute atomic E-state index is 0.0588. The van der Waals surface area contributed by atoms with Crippen LogP contribution in [-0.4, -0.2) is 23.7 Å². The highest BCUT2D eigenvalue weighted by atomic mass is 35.5. The standard InChI is InChI=1S/C24H25ClO6/c1-16(26)30-21-13-8-6-11-19(21)23-17(9-3-2-4-14-22(27)28)15-29-24(31-23)18-10-5-7-12-20(18)25/h2-3,5-8,10-13,17,23-24H,4,9,14-15H2,1H3,(H,27,28)/b3-2-/t17-,23+,24+/m1/s1. The summed E-state index contributed by atoms with van der Waals surface area (Å²) in [6.07, 6.45) is 3.89. The second kappa shape index (κ2) is 11.1. The van der Waals surface area contributed by atoms with Gasteiger partial charge in [-0.1, -0.05) is 60.2 Å². The lowest BCUT2D eigenvalue weighted by Crippen LogP contribution is -2.31. The van der Waals surface area contributed by atoms with Crippen LogP contribution in [0.4, 0.5) is 0 Å². The fraction of sp³-hybridized carbons (Fsp3) is 0.333. The van der Waals surface area contributed by atoms with Gasteiger partial charge in [-0.3, -0.25) is 9.59 Å². The van der Waals surface area contributed by atoms with Crippen molar-refractivity contribution in [2.24, 2.45) is 5.92 Å². The Morgan fingerprint density at radius 2 is 1.84 bits per heavy atom. The number of ether oxygens (including phenoxy) is 3. The molecule has 3 rings (SSSR count). The number of carboxylic acid groups (broad SMARTS) is 1. The Labute approximate surface area is 186 Å². The van der Waals surface area contributed by atoms with Gasteiger partial charge in [0, 0.05) is 35.4 Å². The molecule has 6 nitrogen and oxygen atoms in total. The second-order valence-electron chi connectivity index (χ2n) is 7.27. The molecule has 0 aromatic heterocycles. The fourth-order valence-corrected chi connectivity index (χ4v) is 3.71. The van der Waals surface area contributed by atoms with Crippen molar-refractivity contribution in [2.75, 3.05) is 6.61 Å². The highest BCUT2D eigenvalue weighted by Crippen LogP contribution is 2.43. The number of halogens is 1. The number of hydrogen-bond acceptors (Lipinski definition) is 5. The van der Waals surface area contributed by atoms with Gasteiger partial charge in [0.2, 0.25) is 0 Å². The third-order valence-electron chi connectivity index (χ3n) is 4.93. The molecule has 7 heteroatoms. The lowest BCUT2D eigenvalue weighted by Gasteiger charge is -2.37. The first-order valence-electron chi connectivity index (χ1n) is 10.1. The Morgan fingerprint density at radius 3 is 2.55 bits per heavy atom.